The van der Waals surface area contributed by atoms with E-state index in [9.17, 15) is 4.79 Å². The van der Waals surface area contributed by atoms with Gasteiger partial charge in [0.25, 0.3) is 0 Å². The van der Waals surface area contributed by atoms with Crippen LogP contribution in [0.5, 0.6) is 0 Å². The zero-order valence-electron chi connectivity index (χ0n) is 9.92. The number of aliphatic imine (C=N–C) groups is 1. The standard InChI is InChI=1S/C11H14N4O2.ClH/c1-17-11(16)9-2-3-10(13-9)15-14-8-4-6-12-7-5-8;/h4-7,9H,2-3H2,1H3,(H,12,14)(H,13,15);1H. The molecule has 0 radical (unpaired) electrons. The zero-order valence-corrected chi connectivity index (χ0v) is 10.7. The van der Waals surface area contributed by atoms with E-state index in [1.165, 1.54) is 7.11 Å². The maximum Gasteiger partial charge on any atom is 0.330 e. The van der Waals surface area contributed by atoms with E-state index < -0.39 is 0 Å². The van der Waals surface area contributed by atoms with Gasteiger partial charge in [0.2, 0.25) is 0 Å². The monoisotopic (exact) mass is 270 g/mol. The normalized spacial score (nSPS) is 17.4. The van der Waals surface area contributed by atoms with E-state index >= 15 is 0 Å². The molecular weight excluding hydrogens is 256 g/mol. The molecule has 7 heteroatoms. The van der Waals surface area contributed by atoms with Gasteiger partial charge in [0.15, 0.2) is 0 Å². The summed E-state index contributed by atoms with van der Waals surface area (Å²) in [7, 11) is 1.37. The average molecular weight is 271 g/mol. The van der Waals surface area contributed by atoms with Crippen LogP contribution >= 0.6 is 12.4 Å². The molecule has 0 aromatic carbocycles. The summed E-state index contributed by atoms with van der Waals surface area (Å²) in [4.78, 5) is 19.4. The summed E-state index contributed by atoms with van der Waals surface area (Å²) < 4.78 is 4.64. The smallest absolute Gasteiger partial charge is 0.330 e. The Labute approximate surface area is 111 Å². The molecule has 0 fully saturated rings. The number of aromatic nitrogens is 1. The quantitative estimate of drug-likeness (QED) is 0.637. The number of hydrogen-bond acceptors (Lipinski definition) is 6. The Morgan fingerprint density at radius 2 is 2.11 bits per heavy atom. The predicted octanol–water partition coefficient (Wildman–Crippen LogP) is 1.15. The van der Waals surface area contributed by atoms with Crippen molar-refractivity contribution >= 4 is 29.9 Å². The fraction of sp³-hybridized carbons (Fsp3) is 0.364. The van der Waals surface area contributed by atoms with Gasteiger partial charge in [0.05, 0.1) is 12.8 Å². The third-order valence-electron chi connectivity index (χ3n) is 2.47. The third kappa shape index (κ3) is 3.59. The molecular formula is C11H15ClN4O2. The maximum atomic E-state index is 11.2. The molecule has 6 nitrogen and oxygen atoms in total. The summed E-state index contributed by atoms with van der Waals surface area (Å²) in [5.41, 5.74) is 6.86. The number of hydrazine groups is 1. The summed E-state index contributed by atoms with van der Waals surface area (Å²) in [6.45, 7) is 0. The Balaban J connectivity index is 0.00000162. The van der Waals surface area contributed by atoms with Crippen molar-refractivity contribution in [2.24, 2.45) is 4.99 Å². The number of ether oxygens (including phenoxy) is 1. The van der Waals surface area contributed by atoms with Crippen molar-refractivity contribution in [3.05, 3.63) is 24.5 Å². The highest BCUT2D eigenvalue weighted by Gasteiger charge is 2.24. The molecule has 2 heterocycles. The number of esters is 1. The Morgan fingerprint density at radius 3 is 2.78 bits per heavy atom. The lowest BCUT2D eigenvalue weighted by Crippen LogP contribution is -2.28. The number of pyridine rings is 1. The molecule has 0 amide bonds. The lowest BCUT2D eigenvalue weighted by Gasteiger charge is -2.08. The molecule has 1 aromatic rings. The van der Waals surface area contributed by atoms with Crippen molar-refractivity contribution in [3.8, 4) is 0 Å². The number of nitrogens with zero attached hydrogens (tertiary/aromatic N) is 2. The minimum atomic E-state index is -0.373. The summed E-state index contributed by atoms with van der Waals surface area (Å²) in [6.07, 6.45) is 4.81. The molecule has 98 valence electrons. The van der Waals surface area contributed by atoms with Crippen molar-refractivity contribution in [1.82, 2.24) is 10.4 Å². The van der Waals surface area contributed by atoms with Gasteiger partial charge in [-0.05, 0) is 18.6 Å². The number of carbonyl (C=O) groups is 1. The highest BCUT2D eigenvalue weighted by atomic mass is 35.5. The summed E-state index contributed by atoms with van der Waals surface area (Å²) >= 11 is 0. The number of methoxy groups -OCH3 is 1. The number of amidine groups is 1. The van der Waals surface area contributed by atoms with E-state index in [0.29, 0.717) is 6.42 Å². The highest BCUT2D eigenvalue weighted by Crippen LogP contribution is 2.13. The van der Waals surface area contributed by atoms with Gasteiger partial charge in [0.1, 0.15) is 11.9 Å². The van der Waals surface area contributed by atoms with Gasteiger partial charge in [-0.15, -0.1) is 12.4 Å². The van der Waals surface area contributed by atoms with Crippen LogP contribution in [-0.4, -0.2) is 29.9 Å². The Hall–Kier alpha value is -1.82. The minimum absolute atomic E-state index is 0. The third-order valence-corrected chi connectivity index (χ3v) is 2.47. The fourth-order valence-corrected chi connectivity index (χ4v) is 1.57. The van der Waals surface area contributed by atoms with Gasteiger partial charge >= 0.3 is 5.97 Å². The topological polar surface area (TPSA) is 75.6 Å². The van der Waals surface area contributed by atoms with Crippen LogP contribution in [0.15, 0.2) is 29.5 Å². The molecule has 1 atom stereocenters. The zero-order chi connectivity index (χ0) is 12.1. The number of hydrogen-bond donors (Lipinski definition) is 2. The number of nitrogens with one attached hydrogen (secondary N) is 2. The maximum absolute atomic E-state index is 11.2. The van der Waals surface area contributed by atoms with Gasteiger partial charge in [0, 0.05) is 18.8 Å². The SMILES string of the molecule is COC(=O)C1CCC(NNc2ccncc2)=N1.Cl. The molecule has 0 bridgehead atoms. The molecule has 1 aliphatic heterocycles. The second kappa shape index (κ2) is 6.80. The summed E-state index contributed by atoms with van der Waals surface area (Å²) in [5, 5.41) is 0. The lowest BCUT2D eigenvalue weighted by atomic mass is 10.2. The molecule has 0 saturated carbocycles. The number of anilines is 1. The van der Waals surface area contributed by atoms with Crippen molar-refractivity contribution in [1.29, 1.82) is 0 Å². The number of carbonyl (C=O) groups excluding carboxylic acids is 1. The molecule has 1 aliphatic rings. The van der Waals surface area contributed by atoms with E-state index in [-0.39, 0.29) is 24.4 Å². The first-order chi connectivity index (χ1) is 8.29. The van der Waals surface area contributed by atoms with Crippen LogP contribution in [0, 0.1) is 0 Å². The summed E-state index contributed by atoms with van der Waals surface area (Å²) in [6, 6.07) is 3.29. The van der Waals surface area contributed by atoms with Crippen LogP contribution in [0.4, 0.5) is 5.69 Å². The van der Waals surface area contributed by atoms with Crippen LogP contribution in [0.2, 0.25) is 0 Å². The largest absolute Gasteiger partial charge is 0.467 e. The first-order valence-electron chi connectivity index (χ1n) is 5.36. The molecule has 1 aromatic heterocycles. The van der Waals surface area contributed by atoms with E-state index in [1.54, 1.807) is 12.4 Å². The Kier molecular flexibility index (Phi) is 5.38. The van der Waals surface area contributed by atoms with Crippen LogP contribution < -0.4 is 10.9 Å². The van der Waals surface area contributed by atoms with Crippen molar-refractivity contribution in [3.63, 3.8) is 0 Å². The lowest BCUT2D eigenvalue weighted by molar-refractivity contribution is -0.141. The average Bonchev–Trinajstić information content (AvgIpc) is 2.85. The van der Waals surface area contributed by atoms with Crippen molar-refractivity contribution in [2.75, 3.05) is 12.5 Å². The Morgan fingerprint density at radius 1 is 1.39 bits per heavy atom. The van der Waals surface area contributed by atoms with Crippen molar-refractivity contribution < 1.29 is 9.53 Å². The van der Waals surface area contributed by atoms with Gasteiger partial charge < -0.3 is 4.74 Å². The van der Waals surface area contributed by atoms with Crippen molar-refractivity contribution in [2.45, 2.75) is 18.9 Å². The van der Waals surface area contributed by atoms with E-state index in [0.717, 1.165) is 17.9 Å². The van der Waals surface area contributed by atoms with Gasteiger partial charge in [-0.3, -0.25) is 20.8 Å². The highest BCUT2D eigenvalue weighted by molar-refractivity contribution is 5.90. The number of rotatable bonds is 3. The van der Waals surface area contributed by atoms with Gasteiger partial charge in [-0.25, -0.2) is 4.79 Å². The molecule has 0 aliphatic carbocycles. The molecule has 18 heavy (non-hydrogen) atoms. The van der Waals surface area contributed by atoms with Crippen LogP contribution in [-0.2, 0) is 9.53 Å². The van der Waals surface area contributed by atoms with E-state index in [2.05, 4.69) is 25.6 Å². The van der Waals surface area contributed by atoms with Crippen LogP contribution in [0.1, 0.15) is 12.8 Å². The molecule has 1 unspecified atom stereocenters. The number of halogens is 1. The molecule has 2 rings (SSSR count). The van der Waals surface area contributed by atoms with E-state index in [1.807, 2.05) is 12.1 Å². The molecule has 0 saturated heterocycles. The summed E-state index contributed by atoms with van der Waals surface area (Å²) in [5.74, 6) is 0.475. The Bertz CT molecular complexity index is 424. The van der Waals surface area contributed by atoms with Gasteiger partial charge in [-0.2, -0.15) is 0 Å². The second-order valence-electron chi connectivity index (χ2n) is 3.64. The van der Waals surface area contributed by atoms with E-state index in [4.69, 9.17) is 0 Å². The predicted molar refractivity (Wildman–Crippen MR) is 70.7 cm³/mol. The first kappa shape index (κ1) is 14.2. The second-order valence-corrected chi connectivity index (χ2v) is 3.64. The van der Waals surface area contributed by atoms with Crippen LogP contribution in [0.25, 0.3) is 0 Å². The molecule has 2 N–H and O–H groups in total. The minimum Gasteiger partial charge on any atom is -0.467 e. The van der Waals surface area contributed by atoms with Gasteiger partial charge in [-0.1, -0.05) is 0 Å². The molecule has 0 spiro atoms. The van der Waals surface area contributed by atoms with Crippen LogP contribution in [0.3, 0.4) is 0 Å². The first-order valence-corrected chi connectivity index (χ1v) is 5.36. The fourth-order valence-electron chi connectivity index (χ4n) is 1.57.